The first kappa shape index (κ1) is 25.4. The summed E-state index contributed by atoms with van der Waals surface area (Å²) in [5, 5.41) is 1.90. The Bertz CT molecular complexity index is 1390. The molecule has 0 atom stereocenters. The monoisotopic (exact) mass is 501 g/mol. The molecule has 0 bridgehead atoms. The molecule has 1 N–H and O–H groups in total. The molecule has 7 heteroatoms. The average molecular weight is 502 g/mol. The van der Waals surface area contributed by atoms with Gasteiger partial charge in [-0.25, -0.2) is 0 Å². The molecule has 0 unspecified atom stereocenters. The van der Waals surface area contributed by atoms with Gasteiger partial charge in [-0.3, -0.25) is 4.79 Å². The molecule has 0 aliphatic carbocycles. The fourth-order valence-corrected chi connectivity index (χ4v) is 3.27. The number of anilines is 1. The van der Waals surface area contributed by atoms with Crippen LogP contribution in [0.25, 0.3) is 0 Å². The third-order valence-electron chi connectivity index (χ3n) is 5.19. The number of hydrogen-bond donors (Lipinski definition) is 1. The van der Waals surface area contributed by atoms with E-state index in [4.69, 9.17) is 9.47 Å². The number of benzene rings is 4. The van der Waals surface area contributed by atoms with Crippen molar-refractivity contribution in [1.29, 1.82) is 0 Å². The van der Waals surface area contributed by atoms with E-state index >= 15 is 0 Å². The van der Waals surface area contributed by atoms with E-state index in [1.165, 1.54) is 12.1 Å². The van der Waals surface area contributed by atoms with Gasteiger partial charge in [0.25, 0.3) is 0 Å². The minimum atomic E-state index is -5.04. The zero-order valence-corrected chi connectivity index (χ0v) is 19.6. The summed E-state index contributed by atoms with van der Waals surface area (Å²) >= 11 is 0. The molecular weight excluding hydrogens is 479 g/mol. The molecule has 186 valence electrons. The standard InChI is InChI=1S/C30H22F3NO3/c31-30(32,33)29(35)34-28-19-27(37-21-24-9-5-2-6-10-24)18-15-25(28)14-11-22-12-16-26(17-13-22)36-20-23-7-3-1-4-8-23/h1-10,12-13,15-19H,20-21H2,(H,34,35). The van der Waals surface area contributed by atoms with Gasteiger partial charge in [-0.1, -0.05) is 72.5 Å². The van der Waals surface area contributed by atoms with Gasteiger partial charge < -0.3 is 14.8 Å². The predicted octanol–water partition coefficient (Wildman–Crippen LogP) is 6.75. The zero-order valence-electron chi connectivity index (χ0n) is 19.6. The van der Waals surface area contributed by atoms with Crippen molar-refractivity contribution in [3.63, 3.8) is 0 Å². The largest absolute Gasteiger partial charge is 0.489 e. The molecule has 0 aliphatic rings. The van der Waals surface area contributed by atoms with Crippen LogP contribution >= 0.6 is 0 Å². The van der Waals surface area contributed by atoms with Gasteiger partial charge in [0.15, 0.2) is 0 Å². The van der Waals surface area contributed by atoms with Gasteiger partial charge in [-0.2, -0.15) is 13.2 Å². The first-order valence-electron chi connectivity index (χ1n) is 11.3. The van der Waals surface area contributed by atoms with Crippen LogP contribution in [-0.2, 0) is 18.0 Å². The lowest BCUT2D eigenvalue weighted by molar-refractivity contribution is -0.167. The SMILES string of the molecule is O=C(Nc1cc(OCc2ccccc2)ccc1C#Cc1ccc(OCc2ccccc2)cc1)C(F)(F)F. The van der Waals surface area contributed by atoms with Gasteiger partial charge in [0.1, 0.15) is 24.7 Å². The number of ether oxygens (including phenoxy) is 2. The summed E-state index contributed by atoms with van der Waals surface area (Å²) in [6.07, 6.45) is -5.04. The Hall–Kier alpha value is -4.70. The maximum Gasteiger partial charge on any atom is 0.471 e. The summed E-state index contributed by atoms with van der Waals surface area (Å²) in [4.78, 5) is 11.6. The molecule has 0 aromatic heterocycles. The van der Waals surface area contributed by atoms with Gasteiger partial charge in [0.2, 0.25) is 0 Å². The summed E-state index contributed by atoms with van der Waals surface area (Å²) in [5.74, 6) is 4.62. The average Bonchev–Trinajstić information content (AvgIpc) is 2.91. The Morgan fingerprint density at radius 1 is 0.703 bits per heavy atom. The zero-order chi connectivity index (χ0) is 26.1. The Balaban J connectivity index is 1.49. The second kappa shape index (κ2) is 11.8. The molecule has 1 amide bonds. The van der Waals surface area contributed by atoms with Crippen molar-refractivity contribution in [2.24, 2.45) is 0 Å². The molecule has 0 aliphatic heterocycles. The van der Waals surface area contributed by atoms with Crippen LogP contribution in [0.1, 0.15) is 22.3 Å². The Morgan fingerprint density at radius 3 is 1.81 bits per heavy atom. The van der Waals surface area contributed by atoms with E-state index in [2.05, 4.69) is 11.8 Å². The Kier molecular flexibility index (Phi) is 8.11. The lowest BCUT2D eigenvalue weighted by Gasteiger charge is -2.12. The highest BCUT2D eigenvalue weighted by molar-refractivity contribution is 5.96. The third kappa shape index (κ3) is 7.64. The van der Waals surface area contributed by atoms with E-state index in [0.29, 0.717) is 23.7 Å². The summed E-state index contributed by atoms with van der Waals surface area (Å²) in [7, 11) is 0. The van der Waals surface area contributed by atoms with Crippen LogP contribution in [0.5, 0.6) is 11.5 Å². The van der Waals surface area contributed by atoms with E-state index in [9.17, 15) is 18.0 Å². The van der Waals surface area contributed by atoms with E-state index < -0.39 is 12.1 Å². The Morgan fingerprint density at radius 2 is 1.24 bits per heavy atom. The number of amides is 1. The summed E-state index contributed by atoms with van der Waals surface area (Å²) in [6, 6.07) is 30.5. The van der Waals surface area contributed by atoms with Crippen LogP contribution in [0.2, 0.25) is 0 Å². The highest BCUT2D eigenvalue weighted by atomic mass is 19.4. The number of hydrogen-bond acceptors (Lipinski definition) is 3. The summed E-state index contributed by atoms with van der Waals surface area (Å²) in [6.45, 7) is 0.643. The Labute approximate surface area is 212 Å². The van der Waals surface area contributed by atoms with Crippen LogP contribution in [0, 0.1) is 11.8 Å². The lowest BCUT2D eigenvalue weighted by atomic mass is 10.1. The van der Waals surface area contributed by atoms with Gasteiger partial charge >= 0.3 is 12.1 Å². The van der Waals surface area contributed by atoms with Gasteiger partial charge in [0.05, 0.1) is 5.69 Å². The second-order valence-corrected chi connectivity index (χ2v) is 7.98. The molecule has 4 aromatic rings. The van der Waals surface area contributed by atoms with Crippen LogP contribution in [-0.4, -0.2) is 12.1 Å². The van der Waals surface area contributed by atoms with E-state index in [1.54, 1.807) is 30.3 Å². The number of carbonyl (C=O) groups is 1. The topological polar surface area (TPSA) is 47.6 Å². The lowest BCUT2D eigenvalue weighted by Crippen LogP contribution is -2.30. The summed E-state index contributed by atoms with van der Waals surface area (Å²) in [5.41, 5.74) is 2.68. The molecule has 37 heavy (non-hydrogen) atoms. The van der Waals surface area contributed by atoms with Crippen molar-refractivity contribution >= 4 is 11.6 Å². The van der Waals surface area contributed by atoms with Crippen molar-refractivity contribution in [2.45, 2.75) is 19.4 Å². The first-order valence-corrected chi connectivity index (χ1v) is 11.3. The highest BCUT2D eigenvalue weighted by Gasteiger charge is 2.39. The molecule has 0 saturated heterocycles. The van der Waals surface area contributed by atoms with Gasteiger partial charge in [-0.05, 0) is 47.5 Å². The predicted molar refractivity (Wildman–Crippen MR) is 135 cm³/mol. The molecule has 4 nitrogen and oxygen atoms in total. The van der Waals surface area contributed by atoms with Crippen molar-refractivity contribution < 1.29 is 27.4 Å². The van der Waals surface area contributed by atoms with Crippen molar-refractivity contribution in [2.75, 3.05) is 5.32 Å². The van der Waals surface area contributed by atoms with Crippen LogP contribution in [0.3, 0.4) is 0 Å². The van der Waals surface area contributed by atoms with Gasteiger partial charge in [0, 0.05) is 17.2 Å². The van der Waals surface area contributed by atoms with Crippen molar-refractivity contribution in [3.05, 3.63) is 125 Å². The smallest absolute Gasteiger partial charge is 0.471 e. The maximum absolute atomic E-state index is 12.9. The van der Waals surface area contributed by atoms with Crippen LogP contribution in [0.4, 0.5) is 18.9 Å². The molecule has 4 aromatic carbocycles. The number of rotatable bonds is 7. The maximum atomic E-state index is 12.9. The van der Waals surface area contributed by atoms with E-state index in [0.717, 1.165) is 11.1 Å². The molecule has 0 spiro atoms. The molecule has 0 radical (unpaired) electrons. The van der Waals surface area contributed by atoms with Crippen molar-refractivity contribution in [1.82, 2.24) is 0 Å². The fraction of sp³-hybridized carbons (Fsp3) is 0.100. The number of carbonyl (C=O) groups excluding carboxylic acids is 1. The fourth-order valence-electron chi connectivity index (χ4n) is 3.27. The molecule has 4 rings (SSSR count). The van der Waals surface area contributed by atoms with E-state index in [1.807, 2.05) is 66.0 Å². The second-order valence-electron chi connectivity index (χ2n) is 7.98. The summed E-state index contributed by atoms with van der Waals surface area (Å²) < 4.78 is 50.2. The van der Waals surface area contributed by atoms with Crippen molar-refractivity contribution in [3.8, 4) is 23.3 Å². The number of alkyl halides is 3. The minimum Gasteiger partial charge on any atom is -0.489 e. The highest BCUT2D eigenvalue weighted by Crippen LogP contribution is 2.26. The quantitative estimate of drug-likeness (QED) is 0.285. The molecule has 0 saturated carbocycles. The number of nitrogens with one attached hydrogen (secondary N) is 1. The molecule has 0 fully saturated rings. The molecular formula is C30H22F3NO3. The van der Waals surface area contributed by atoms with Gasteiger partial charge in [-0.15, -0.1) is 0 Å². The third-order valence-corrected chi connectivity index (χ3v) is 5.19. The first-order chi connectivity index (χ1) is 17.9. The van der Waals surface area contributed by atoms with Crippen LogP contribution < -0.4 is 14.8 Å². The number of halogens is 3. The van der Waals surface area contributed by atoms with Crippen LogP contribution in [0.15, 0.2) is 103 Å². The minimum absolute atomic E-state index is 0.0943. The van der Waals surface area contributed by atoms with E-state index in [-0.39, 0.29) is 17.9 Å². The normalized spacial score (nSPS) is 10.7. The molecule has 0 heterocycles.